The Morgan fingerprint density at radius 2 is 1.95 bits per heavy atom. The Morgan fingerprint density at radius 3 is 2.55 bits per heavy atom. The summed E-state index contributed by atoms with van der Waals surface area (Å²) in [6.45, 7) is 6.39. The van der Waals surface area contributed by atoms with E-state index in [0.29, 0.717) is 28.6 Å². The summed E-state index contributed by atoms with van der Waals surface area (Å²) < 4.78 is 10.5. The molecule has 0 aromatic heterocycles. The van der Waals surface area contributed by atoms with Crippen LogP contribution in [0.15, 0.2) is 12.1 Å². The number of rotatable bonds is 3. The van der Waals surface area contributed by atoms with Gasteiger partial charge in [0.25, 0.3) is 0 Å². The van der Waals surface area contributed by atoms with Crippen molar-refractivity contribution in [3.05, 3.63) is 12.1 Å². The van der Waals surface area contributed by atoms with E-state index in [2.05, 4.69) is 26.1 Å². The van der Waals surface area contributed by atoms with Gasteiger partial charge in [0.15, 0.2) is 11.5 Å². The summed E-state index contributed by atoms with van der Waals surface area (Å²) >= 11 is 1.58. The van der Waals surface area contributed by atoms with E-state index in [1.54, 1.807) is 23.9 Å². The number of ether oxygens (including phenoxy) is 2. The topological polar surface area (TPSA) is 73.6 Å². The summed E-state index contributed by atoms with van der Waals surface area (Å²) in [5.41, 5.74) is 6.90. The van der Waals surface area contributed by atoms with E-state index in [1.165, 1.54) is 0 Å². The van der Waals surface area contributed by atoms with Crippen molar-refractivity contribution in [2.24, 2.45) is 0 Å². The lowest BCUT2D eigenvalue weighted by Gasteiger charge is -2.17. The zero-order valence-corrected chi connectivity index (χ0v) is 13.3. The first-order chi connectivity index (χ1) is 8.85. The van der Waals surface area contributed by atoms with Crippen LogP contribution in [0.1, 0.15) is 20.8 Å². The number of anilines is 2. The number of amides is 1. The number of nitrogens with two attached hydrogens (primary N) is 1. The van der Waals surface area contributed by atoms with E-state index in [9.17, 15) is 4.79 Å². The lowest BCUT2D eigenvalue weighted by atomic mass is 10.2. The number of fused-ring (bicyclic) bond motifs is 1. The van der Waals surface area contributed by atoms with Crippen molar-refractivity contribution in [2.75, 3.05) is 23.6 Å². The minimum atomic E-state index is -0.0782. The molecule has 0 unspecified atom stereocenters. The van der Waals surface area contributed by atoms with E-state index in [1.807, 2.05) is 0 Å². The van der Waals surface area contributed by atoms with Crippen LogP contribution in [-0.4, -0.2) is 23.2 Å². The van der Waals surface area contributed by atoms with Crippen LogP contribution < -0.4 is 20.5 Å². The maximum absolute atomic E-state index is 11.9. The molecule has 1 amide bonds. The largest absolute Gasteiger partial charge is 0.454 e. The van der Waals surface area contributed by atoms with Gasteiger partial charge in [0.2, 0.25) is 12.7 Å². The van der Waals surface area contributed by atoms with Gasteiger partial charge in [-0.05, 0) is 0 Å². The maximum atomic E-state index is 11.9. The lowest BCUT2D eigenvalue weighted by Crippen LogP contribution is -2.19. The maximum Gasteiger partial charge on any atom is 0.234 e. The number of nitrogens with one attached hydrogen (secondary N) is 1. The summed E-state index contributed by atoms with van der Waals surface area (Å²) in [7, 11) is 0. The molecule has 112 valence electrons. The Hall–Kier alpha value is -1.27. The highest BCUT2D eigenvalue weighted by Crippen LogP contribution is 2.38. The minimum Gasteiger partial charge on any atom is -0.454 e. The molecule has 1 heterocycles. The molecule has 0 fully saturated rings. The summed E-state index contributed by atoms with van der Waals surface area (Å²) in [5, 5.41) is 2.79. The van der Waals surface area contributed by atoms with Gasteiger partial charge in [0, 0.05) is 16.9 Å². The molecule has 0 saturated heterocycles. The first-order valence-electron chi connectivity index (χ1n) is 5.98. The molecule has 0 spiro atoms. The average Bonchev–Trinajstić information content (AvgIpc) is 2.73. The van der Waals surface area contributed by atoms with Gasteiger partial charge in [-0.15, -0.1) is 24.2 Å². The van der Waals surface area contributed by atoms with Gasteiger partial charge in [0.05, 0.1) is 17.1 Å². The van der Waals surface area contributed by atoms with Gasteiger partial charge in [-0.1, -0.05) is 20.8 Å². The van der Waals surface area contributed by atoms with E-state index >= 15 is 0 Å². The number of carbonyl (C=O) groups is 1. The molecule has 3 N–H and O–H groups in total. The van der Waals surface area contributed by atoms with Gasteiger partial charge < -0.3 is 20.5 Å². The number of benzene rings is 1. The van der Waals surface area contributed by atoms with Gasteiger partial charge in [0.1, 0.15) is 0 Å². The SMILES string of the molecule is CC(C)(C)SCC(=O)Nc1cc2c(cc1N)OCO2.Cl. The van der Waals surface area contributed by atoms with Gasteiger partial charge in [-0.2, -0.15) is 0 Å². The Labute approximate surface area is 129 Å². The summed E-state index contributed by atoms with van der Waals surface area (Å²) in [4.78, 5) is 11.9. The summed E-state index contributed by atoms with van der Waals surface area (Å²) in [6, 6.07) is 3.35. The Kier molecular flexibility index (Phi) is 5.42. The Morgan fingerprint density at radius 1 is 1.35 bits per heavy atom. The molecule has 7 heteroatoms. The van der Waals surface area contributed by atoms with E-state index < -0.39 is 0 Å². The molecule has 1 aromatic carbocycles. The van der Waals surface area contributed by atoms with Crippen molar-refractivity contribution in [3.63, 3.8) is 0 Å². The average molecular weight is 319 g/mol. The van der Waals surface area contributed by atoms with E-state index in [0.717, 1.165) is 0 Å². The van der Waals surface area contributed by atoms with Crippen LogP contribution in [0.4, 0.5) is 11.4 Å². The molecule has 1 aliphatic rings. The normalized spacial score (nSPS) is 12.8. The van der Waals surface area contributed by atoms with Crippen molar-refractivity contribution in [1.29, 1.82) is 0 Å². The van der Waals surface area contributed by atoms with Crippen LogP contribution in [0.3, 0.4) is 0 Å². The van der Waals surface area contributed by atoms with E-state index in [-0.39, 0.29) is 29.9 Å². The first kappa shape index (κ1) is 16.8. The van der Waals surface area contributed by atoms with Gasteiger partial charge >= 0.3 is 0 Å². The van der Waals surface area contributed by atoms with Crippen molar-refractivity contribution in [3.8, 4) is 11.5 Å². The standard InChI is InChI=1S/C13H18N2O3S.ClH/c1-13(2,3)19-6-12(16)15-9-5-11-10(4-8(9)14)17-7-18-11;/h4-5H,6-7,14H2,1-3H3,(H,15,16);1H. The molecule has 0 atom stereocenters. The van der Waals surface area contributed by atoms with Crippen molar-refractivity contribution >= 4 is 41.5 Å². The molecule has 5 nitrogen and oxygen atoms in total. The number of thioether (sulfide) groups is 1. The van der Waals surface area contributed by atoms with E-state index in [4.69, 9.17) is 15.2 Å². The quantitative estimate of drug-likeness (QED) is 0.838. The highest BCUT2D eigenvalue weighted by atomic mass is 35.5. The lowest BCUT2D eigenvalue weighted by molar-refractivity contribution is -0.113. The van der Waals surface area contributed by atoms with Crippen LogP contribution in [0.5, 0.6) is 11.5 Å². The Balaban J connectivity index is 0.00000200. The van der Waals surface area contributed by atoms with Crippen LogP contribution in [0.2, 0.25) is 0 Å². The van der Waals surface area contributed by atoms with Gasteiger partial charge in [-0.3, -0.25) is 4.79 Å². The first-order valence-corrected chi connectivity index (χ1v) is 6.97. The zero-order chi connectivity index (χ0) is 14.0. The monoisotopic (exact) mass is 318 g/mol. The van der Waals surface area contributed by atoms with Crippen LogP contribution in [0, 0.1) is 0 Å². The fourth-order valence-electron chi connectivity index (χ4n) is 1.53. The fourth-order valence-corrected chi connectivity index (χ4v) is 2.17. The third kappa shape index (κ3) is 4.38. The summed E-state index contributed by atoms with van der Waals surface area (Å²) in [5.74, 6) is 1.52. The fraction of sp³-hybridized carbons (Fsp3) is 0.462. The summed E-state index contributed by atoms with van der Waals surface area (Å²) in [6.07, 6.45) is 0. The molecule has 0 radical (unpaired) electrons. The van der Waals surface area contributed by atoms with Crippen LogP contribution in [-0.2, 0) is 4.79 Å². The van der Waals surface area contributed by atoms with Crippen molar-refractivity contribution in [2.45, 2.75) is 25.5 Å². The second kappa shape index (κ2) is 6.45. The second-order valence-corrected chi connectivity index (χ2v) is 7.04. The van der Waals surface area contributed by atoms with Crippen molar-refractivity contribution in [1.82, 2.24) is 0 Å². The molecule has 0 bridgehead atoms. The molecule has 0 saturated carbocycles. The number of nitrogen functional groups attached to an aromatic ring is 1. The Bertz CT molecular complexity index is 503. The van der Waals surface area contributed by atoms with Gasteiger partial charge in [-0.25, -0.2) is 0 Å². The number of hydrogen-bond acceptors (Lipinski definition) is 5. The molecule has 1 aromatic rings. The highest BCUT2D eigenvalue weighted by molar-refractivity contribution is 8.01. The van der Waals surface area contributed by atoms with Crippen molar-refractivity contribution < 1.29 is 14.3 Å². The number of hydrogen-bond donors (Lipinski definition) is 2. The predicted molar refractivity (Wildman–Crippen MR) is 85.1 cm³/mol. The van der Waals surface area contributed by atoms with Crippen LogP contribution >= 0.6 is 24.2 Å². The molecular weight excluding hydrogens is 300 g/mol. The number of carbonyl (C=O) groups excluding carboxylic acids is 1. The van der Waals surface area contributed by atoms with Crippen LogP contribution in [0.25, 0.3) is 0 Å². The predicted octanol–water partition coefficient (Wildman–Crippen LogP) is 2.89. The second-order valence-electron chi connectivity index (χ2n) is 5.24. The number of halogens is 1. The third-order valence-electron chi connectivity index (χ3n) is 2.46. The molecule has 1 aliphatic heterocycles. The third-order valence-corrected chi connectivity index (χ3v) is 3.73. The minimum absolute atomic E-state index is 0. The molecule has 2 rings (SSSR count). The molecular formula is C13H19ClN2O3S. The zero-order valence-electron chi connectivity index (χ0n) is 11.7. The highest BCUT2D eigenvalue weighted by Gasteiger charge is 2.18. The smallest absolute Gasteiger partial charge is 0.234 e. The molecule has 0 aliphatic carbocycles. The molecule has 20 heavy (non-hydrogen) atoms.